The highest BCUT2D eigenvalue weighted by Crippen LogP contribution is 2.23. The maximum Gasteiger partial charge on any atom is 0.271 e. The van der Waals surface area contributed by atoms with Crippen LogP contribution in [0, 0.1) is 10.1 Å². The Hall–Kier alpha value is -2.41. The summed E-state index contributed by atoms with van der Waals surface area (Å²) in [6.07, 6.45) is 0. The fourth-order valence-corrected chi connectivity index (χ4v) is 2.00. The number of nitrogens with zero attached hydrogens (tertiary/aromatic N) is 1. The number of para-hydroxylation sites is 1. The predicted octanol–water partition coefficient (Wildman–Crippen LogP) is 3.37. The van der Waals surface area contributed by atoms with Crippen molar-refractivity contribution in [2.45, 2.75) is 0 Å². The fourth-order valence-electron chi connectivity index (χ4n) is 1.60. The Kier molecular flexibility index (Phi) is 4.89. The van der Waals surface area contributed by atoms with Crippen molar-refractivity contribution < 1.29 is 14.5 Å². The summed E-state index contributed by atoms with van der Waals surface area (Å²) in [5.74, 6) is 0.151. The Morgan fingerprint density at radius 3 is 2.71 bits per heavy atom. The number of nitrogens with one attached hydrogen (secondary N) is 1. The van der Waals surface area contributed by atoms with Crippen molar-refractivity contribution in [3.05, 3.63) is 63.1 Å². The lowest BCUT2D eigenvalue weighted by molar-refractivity contribution is -0.384. The van der Waals surface area contributed by atoms with Gasteiger partial charge in [0.2, 0.25) is 0 Å². The minimum Gasteiger partial charge on any atom is -0.483 e. The number of non-ortho nitro benzene ring substituents is 1. The van der Waals surface area contributed by atoms with Crippen LogP contribution in [-0.4, -0.2) is 17.4 Å². The number of benzene rings is 2. The van der Waals surface area contributed by atoms with Crippen LogP contribution in [0.2, 0.25) is 0 Å². The molecule has 0 bridgehead atoms. The van der Waals surface area contributed by atoms with Crippen LogP contribution in [0.25, 0.3) is 0 Å². The zero-order valence-electron chi connectivity index (χ0n) is 10.8. The first-order valence-electron chi connectivity index (χ1n) is 5.98. The lowest BCUT2D eigenvalue weighted by Gasteiger charge is -2.08. The number of rotatable bonds is 5. The fraction of sp³-hybridized carbons (Fsp3) is 0.0714. The van der Waals surface area contributed by atoms with E-state index in [1.54, 1.807) is 24.3 Å². The van der Waals surface area contributed by atoms with Gasteiger partial charge in [-0.1, -0.05) is 18.2 Å². The molecule has 0 aliphatic heterocycles. The van der Waals surface area contributed by atoms with Gasteiger partial charge in [-0.15, -0.1) is 0 Å². The minimum absolute atomic E-state index is 0.0838. The first kappa shape index (κ1) is 15.0. The van der Waals surface area contributed by atoms with E-state index in [-0.39, 0.29) is 12.3 Å². The average molecular weight is 351 g/mol. The summed E-state index contributed by atoms with van der Waals surface area (Å²) in [4.78, 5) is 21.9. The third kappa shape index (κ3) is 4.28. The molecule has 0 fully saturated rings. The molecule has 0 aliphatic rings. The van der Waals surface area contributed by atoms with Gasteiger partial charge >= 0.3 is 0 Å². The van der Waals surface area contributed by atoms with E-state index in [0.29, 0.717) is 11.4 Å². The molecule has 1 amide bonds. The van der Waals surface area contributed by atoms with Crippen LogP contribution in [0.15, 0.2) is 53.0 Å². The maximum atomic E-state index is 11.8. The number of nitro benzene ring substituents is 1. The van der Waals surface area contributed by atoms with Crippen molar-refractivity contribution in [3.8, 4) is 5.75 Å². The van der Waals surface area contributed by atoms with Gasteiger partial charge in [0.25, 0.3) is 11.6 Å². The summed E-state index contributed by atoms with van der Waals surface area (Å²) in [6.45, 7) is -0.189. The van der Waals surface area contributed by atoms with Gasteiger partial charge in [-0.2, -0.15) is 0 Å². The van der Waals surface area contributed by atoms with Gasteiger partial charge in [-0.05, 0) is 34.1 Å². The molecule has 7 heteroatoms. The molecular formula is C14H11BrN2O4. The van der Waals surface area contributed by atoms with E-state index in [4.69, 9.17) is 4.74 Å². The molecule has 2 aromatic carbocycles. The predicted molar refractivity (Wildman–Crippen MR) is 81.4 cm³/mol. The van der Waals surface area contributed by atoms with Crippen LogP contribution < -0.4 is 10.1 Å². The molecule has 0 radical (unpaired) electrons. The van der Waals surface area contributed by atoms with Crippen molar-refractivity contribution >= 4 is 33.2 Å². The third-order valence-corrected chi connectivity index (χ3v) is 3.19. The van der Waals surface area contributed by atoms with Crippen LogP contribution in [0.1, 0.15) is 0 Å². The average Bonchev–Trinajstić information content (AvgIpc) is 2.46. The second-order valence-corrected chi connectivity index (χ2v) is 4.93. The lowest BCUT2D eigenvalue weighted by atomic mass is 10.3. The van der Waals surface area contributed by atoms with Crippen molar-refractivity contribution in [2.24, 2.45) is 0 Å². The van der Waals surface area contributed by atoms with Gasteiger partial charge in [0.1, 0.15) is 5.75 Å². The highest BCUT2D eigenvalue weighted by atomic mass is 79.9. The maximum absolute atomic E-state index is 11.8. The van der Waals surface area contributed by atoms with Crippen LogP contribution in [0.5, 0.6) is 5.75 Å². The van der Waals surface area contributed by atoms with Gasteiger partial charge in [-0.25, -0.2) is 0 Å². The van der Waals surface area contributed by atoms with E-state index in [2.05, 4.69) is 21.2 Å². The Morgan fingerprint density at radius 1 is 1.24 bits per heavy atom. The van der Waals surface area contributed by atoms with Gasteiger partial charge in [0, 0.05) is 17.8 Å². The third-order valence-electron chi connectivity index (χ3n) is 2.54. The van der Waals surface area contributed by atoms with Gasteiger partial charge in [0.15, 0.2) is 6.61 Å². The smallest absolute Gasteiger partial charge is 0.271 e. The van der Waals surface area contributed by atoms with Crippen LogP contribution >= 0.6 is 15.9 Å². The summed E-state index contributed by atoms with van der Waals surface area (Å²) in [5.41, 5.74) is 0.268. The summed E-state index contributed by atoms with van der Waals surface area (Å²) in [6, 6.07) is 12.9. The molecule has 0 heterocycles. The number of carbonyl (C=O) groups is 1. The molecule has 0 saturated carbocycles. The number of hydrogen-bond donors (Lipinski definition) is 1. The standard InChI is InChI=1S/C14H11BrN2O4/c15-12-6-1-2-7-13(12)21-9-14(18)16-10-4-3-5-11(8-10)17(19)20/h1-8H,9H2,(H,16,18). The molecule has 0 unspecified atom stereocenters. The number of carbonyl (C=O) groups excluding carboxylic acids is 1. The van der Waals surface area contributed by atoms with Crippen molar-refractivity contribution in [1.29, 1.82) is 0 Å². The quantitative estimate of drug-likeness (QED) is 0.661. The Labute approximate surface area is 129 Å². The van der Waals surface area contributed by atoms with E-state index in [9.17, 15) is 14.9 Å². The Bertz CT molecular complexity index is 676. The molecule has 0 atom stereocenters. The molecule has 2 rings (SSSR count). The Morgan fingerprint density at radius 2 is 2.00 bits per heavy atom. The highest BCUT2D eigenvalue weighted by molar-refractivity contribution is 9.10. The van der Waals surface area contributed by atoms with Crippen molar-refractivity contribution in [3.63, 3.8) is 0 Å². The molecule has 0 spiro atoms. The van der Waals surface area contributed by atoms with Crippen molar-refractivity contribution in [2.75, 3.05) is 11.9 Å². The van der Waals surface area contributed by atoms with Crippen LogP contribution in [-0.2, 0) is 4.79 Å². The zero-order chi connectivity index (χ0) is 15.2. The first-order chi connectivity index (χ1) is 10.1. The molecule has 0 saturated heterocycles. The van der Waals surface area contributed by atoms with Crippen molar-refractivity contribution in [1.82, 2.24) is 0 Å². The largest absolute Gasteiger partial charge is 0.483 e. The van der Waals surface area contributed by atoms with E-state index in [1.807, 2.05) is 6.07 Å². The van der Waals surface area contributed by atoms with E-state index >= 15 is 0 Å². The summed E-state index contributed by atoms with van der Waals surface area (Å²) >= 11 is 3.31. The monoisotopic (exact) mass is 350 g/mol. The number of ether oxygens (including phenoxy) is 1. The minimum atomic E-state index is -0.521. The number of nitro groups is 1. The number of hydrogen-bond acceptors (Lipinski definition) is 4. The topological polar surface area (TPSA) is 81.5 Å². The van der Waals surface area contributed by atoms with Gasteiger partial charge < -0.3 is 10.1 Å². The summed E-state index contributed by atoms with van der Waals surface area (Å²) in [7, 11) is 0. The first-order valence-corrected chi connectivity index (χ1v) is 6.77. The zero-order valence-corrected chi connectivity index (χ0v) is 12.4. The molecule has 108 valence electrons. The van der Waals surface area contributed by atoms with Gasteiger partial charge in [0.05, 0.1) is 9.40 Å². The second kappa shape index (κ2) is 6.85. The van der Waals surface area contributed by atoms with E-state index in [0.717, 1.165) is 4.47 Å². The van der Waals surface area contributed by atoms with Crippen LogP contribution in [0.4, 0.5) is 11.4 Å². The molecule has 21 heavy (non-hydrogen) atoms. The van der Waals surface area contributed by atoms with Crippen LogP contribution in [0.3, 0.4) is 0 Å². The summed E-state index contributed by atoms with van der Waals surface area (Å²) < 4.78 is 6.10. The number of anilines is 1. The SMILES string of the molecule is O=C(COc1ccccc1Br)Nc1cccc([N+](=O)[O-])c1. The molecule has 0 aromatic heterocycles. The van der Waals surface area contributed by atoms with E-state index in [1.165, 1.54) is 18.2 Å². The molecule has 0 aliphatic carbocycles. The number of halogens is 1. The normalized spacial score (nSPS) is 9.95. The highest BCUT2D eigenvalue weighted by Gasteiger charge is 2.09. The Balaban J connectivity index is 1.95. The second-order valence-electron chi connectivity index (χ2n) is 4.07. The molecular weight excluding hydrogens is 340 g/mol. The lowest BCUT2D eigenvalue weighted by Crippen LogP contribution is -2.20. The molecule has 1 N–H and O–H groups in total. The molecule has 2 aromatic rings. The molecule has 6 nitrogen and oxygen atoms in total. The van der Waals surface area contributed by atoms with Gasteiger partial charge in [-0.3, -0.25) is 14.9 Å². The summed E-state index contributed by atoms with van der Waals surface area (Å²) in [5, 5.41) is 13.2. The number of amides is 1. The van der Waals surface area contributed by atoms with E-state index < -0.39 is 10.8 Å².